The van der Waals surface area contributed by atoms with Crippen LogP contribution in [0.25, 0.3) is 0 Å². The Kier molecular flexibility index (Phi) is 6.17. The minimum absolute atomic E-state index is 0.143. The maximum Gasteiger partial charge on any atom is 0.224 e. The SMILES string of the molecule is COc1ccc(CN2CCc3c(nc(Cl)nc3N3CC[C@@H](F)C3)C2c2ccc(F)cc2)cc1. The molecule has 2 atom stereocenters. The smallest absolute Gasteiger partial charge is 0.224 e. The van der Waals surface area contributed by atoms with Crippen LogP contribution in [-0.4, -0.2) is 47.8 Å². The number of nitrogens with zero attached hydrogens (tertiary/aromatic N) is 4. The number of halogens is 3. The highest BCUT2D eigenvalue weighted by atomic mass is 35.5. The molecule has 1 saturated heterocycles. The number of rotatable bonds is 5. The van der Waals surface area contributed by atoms with Crippen LogP contribution in [0.2, 0.25) is 5.28 Å². The van der Waals surface area contributed by atoms with Gasteiger partial charge in [0, 0.05) is 25.2 Å². The molecule has 172 valence electrons. The van der Waals surface area contributed by atoms with E-state index in [-0.39, 0.29) is 17.1 Å². The summed E-state index contributed by atoms with van der Waals surface area (Å²) in [5.41, 5.74) is 3.86. The lowest BCUT2D eigenvalue weighted by molar-refractivity contribution is 0.200. The number of aromatic nitrogens is 2. The first-order valence-corrected chi connectivity index (χ1v) is 11.5. The van der Waals surface area contributed by atoms with E-state index in [0.717, 1.165) is 46.9 Å². The average Bonchev–Trinajstić information content (AvgIpc) is 3.26. The van der Waals surface area contributed by atoms with Gasteiger partial charge < -0.3 is 9.64 Å². The molecule has 0 bridgehead atoms. The Hall–Kier alpha value is -2.77. The molecule has 1 fully saturated rings. The number of fused-ring (bicyclic) bond motifs is 1. The molecule has 2 aliphatic rings. The van der Waals surface area contributed by atoms with Gasteiger partial charge in [-0.15, -0.1) is 0 Å². The van der Waals surface area contributed by atoms with Crippen molar-refractivity contribution in [3.8, 4) is 5.75 Å². The molecule has 2 aromatic carbocycles. The van der Waals surface area contributed by atoms with Crippen LogP contribution in [0.5, 0.6) is 5.75 Å². The van der Waals surface area contributed by atoms with Crippen molar-refractivity contribution in [3.05, 3.63) is 82.0 Å². The summed E-state index contributed by atoms with van der Waals surface area (Å²) in [6.07, 6.45) is 0.349. The zero-order valence-corrected chi connectivity index (χ0v) is 19.1. The predicted octanol–water partition coefficient (Wildman–Crippen LogP) is 4.97. The minimum atomic E-state index is -0.863. The van der Waals surface area contributed by atoms with Crippen molar-refractivity contribution >= 4 is 17.4 Å². The highest BCUT2D eigenvalue weighted by Gasteiger charge is 2.35. The van der Waals surface area contributed by atoms with Gasteiger partial charge in [-0.25, -0.2) is 18.7 Å². The first-order valence-electron chi connectivity index (χ1n) is 11.1. The van der Waals surface area contributed by atoms with Crippen LogP contribution in [-0.2, 0) is 13.0 Å². The van der Waals surface area contributed by atoms with Crippen molar-refractivity contribution < 1.29 is 13.5 Å². The molecular formula is C25H25ClF2N4O. The molecule has 0 radical (unpaired) electrons. The Morgan fingerprint density at radius 2 is 1.82 bits per heavy atom. The van der Waals surface area contributed by atoms with E-state index in [2.05, 4.69) is 14.9 Å². The molecule has 0 saturated carbocycles. The zero-order chi connectivity index (χ0) is 22.9. The van der Waals surface area contributed by atoms with Crippen LogP contribution in [0.1, 0.15) is 34.8 Å². The molecule has 0 N–H and O–H groups in total. The van der Waals surface area contributed by atoms with Crippen LogP contribution in [0, 0.1) is 5.82 Å². The molecule has 1 unspecified atom stereocenters. The van der Waals surface area contributed by atoms with Crippen LogP contribution in [0.4, 0.5) is 14.6 Å². The fourth-order valence-electron chi connectivity index (χ4n) is 4.81. The maximum atomic E-state index is 14.0. The van der Waals surface area contributed by atoms with Crippen molar-refractivity contribution in [1.29, 1.82) is 0 Å². The molecule has 8 heteroatoms. The van der Waals surface area contributed by atoms with Crippen molar-refractivity contribution in [2.24, 2.45) is 0 Å². The van der Waals surface area contributed by atoms with Gasteiger partial charge in [-0.1, -0.05) is 24.3 Å². The summed E-state index contributed by atoms with van der Waals surface area (Å²) < 4.78 is 33.0. The van der Waals surface area contributed by atoms with Gasteiger partial charge in [0.1, 0.15) is 23.6 Å². The van der Waals surface area contributed by atoms with E-state index < -0.39 is 6.17 Å². The summed E-state index contributed by atoms with van der Waals surface area (Å²) in [7, 11) is 1.65. The molecule has 0 spiro atoms. The Morgan fingerprint density at radius 1 is 1.06 bits per heavy atom. The molecule has 1 aromatic heterocycles. The number of anilines is 1. The van der Waals surface area contributed by atoms with Gasteiger partial charge in [0.15, 0.2) is 0 Å². The summed E-state index contributed by atoms with van der Waals surface area (Å²) in [5, 5.41) is 0.143. The fraction of sp³-hybridized carbons (Fsp3) is 0.360. The predicted molar refractivity (Wildman–Crippen MR) is 124 cm³/mol. The standard InChI is InChI=1S/C25H25ClF2N4O/c1-33-20-8-2-16(3-9-20)14-31-13-11-21-22(23(31)17-4-6-18(27)7-5-17)29-25(26)30-24(21)32-12-10-19(28)15-32/h2-9,19,23H,10-15H2,1H3/t19-,23?/m1/s1. The molecule has 5 nitrogen and oxygen atoms in total. The van der Waals surface area contributed by atoms with Crippen molar-refractivity contribution in [2.75, 3.05) is 31.6 Å². The number of ether oxygens (including phenoxy) is 1. The third-order valence-corrected chi connectivity index (χ3v) is 6.59. The Bertz CT molecular complexity index is 1130. The second-order valence-electron chi connectivity index (χ2n) is 8.53. The number of hydrogen-bond acceptors (Lipinski definition) is 5. The van der Waals surface area contributed by atoms with Gasteiger partial charge in [0.2, 0.25) is 5.28 Å². The first kappa shape index (κ1) is 22.0. The Morgan fingerprint density at radius 3 is 2.48 bits per heavy atom. The van der Waals surface area contributed by atoms with Gasteiger partial charge >= 0.3 is 0 Å². The lowest BCUT2D eigenvalue weighted by atomic mass is 9.91. The van der Waals surface area contributed by atoms with Crippen molar-refractivity contribution in [3.63, 3.8) is 0 Å². The van der Waals surface area contributed by atoms with E-state index in [1.165, 1.54) is 12.1 Å². The van der Waals surface area contributed by atoms with E-state index in [4.69, 9.17) is 16.3 Å². The molecule has 2 aliphatic heterocycles. The van der Waals surface area contributed by atoms with E-state index in [1.807, 2.05) is 29.2 Å². The minimum Gasteiger partial charge on any atom is -0.497 e. The Balaban J connectivity index is 1.56. The summed E-state index contributed by atoms with van der Waals surface area (Å²) in [6, 6.07) is 14.3. The quantitative estimate of drug-likeness (QED) is 0.492. The summed E-state index contributed by atoms with van der Waals surface area (Å²) in [4.78, 5) is 13.4. The topological polar surface area (TPSA) is 41.5 Å². The fourth-order valence-corrected chi connectivity index (χ4v) is 4.98. The summed E-state index contributed by atoms with van der Waals surface area (Å²) in [5.74, 6) is 1.24. The number of alkyl halides is 1. The third kappa shape index (κ3) is 4.52. The monoisotopic (exact) mass is 470 g/mol. The largest absolute Gasteiger partial charge is 0.497 e. The van der Waals surface area contributed by atoms with Crippen molar-refractivity contribution in [1.82, 2.24) is 14.9 Å². The van der Waals surface area contributed by atoms with E-state index in [1.54, 1.807) is 19.2 Å². The van der Waals surface area contributed by atoms with Crippen LogP contribution in [0.3, 0.4) is 0 Å². The summed E-state index contributed by atoms with van der Waals surface area (Å²) >= 11 is 6.38. The van der Waals surface area contributed by atoms with E-state index >= 15 is 0 Å². The summed E-state index contributed by atoms with van der Waals surface area (Å²) in [6.45, 7) is 2.36. The lowest BCUT2D eigenvalue weighted by Crippen LogP contribution is -2.38. The maximum absolute atomic E-state index is 14.0. The molecule has 3 aromatic rings. The second kappa shape index (κ2) is 9.23. The van der Waals surface area contributed by atoms with Gasteiger partial charge in [0.25, 0.3) is 0 Å². The third-order valence-electron chi connectivity index (χ3n) is 6.42. The molecule has 3 heterocycles. The lowest BCUT2D eigenvalue weighted by Gasteiger charge is -2.38. The second-order valence-corrected chi connectivity index (χ2v) is 8.87. The van der Waals surface area contributed by atoms with E-state index in [9.17, 15) is 8.78 Å². The molecule has 5 rings (SSSR count). The van der Waals surface area contributed by atoms with Crippen LogP contribution in [0.15, 0.2) is 48.5 Å². The first-order chi connectivity index (χ1) is 16.0. The van der Waals surface area contributed by atoms with Crippen LogP contribution >= 0.6 is 11.6 Å². The normalized spacial score (nSPS) is 20.7. The Labute approximate surface area is 197 Å². The number of methoxy groups -OCH3 is 1. The number of hydrogen-bond donors (Lipinski definition) is 0. The highest BCUT2D eigenvalue weighted by Crippen LogP contribution is 2.39. The van der Waals surface area contributed by atoms with Gasteiger partial charge in [-0.05, 0) is 59.8 Å². The zero-order valence-electron chi connectivity index (χ0n) is 18.3. The number of benzene rings is 2. The molecule has 33 heavy (non-hydrogen) atoms. The van der Waals surface area contributed by atoms with E-state index in [0.29, 0.717) is 26.1 Å². The van der Waals surface area contributed by atoms with Gasteiger partial charge in [-0.2, -0.15) is 0 Å². The van der Waals surface area contributed by atoms with Gasteiger partial charge in [0.05, 0.1) is 25.4 Å². The van der Waals surface area contributed by atoms with Crippen molar-refractivity contribution in [2.45, 2.75) is 31.6 Å². The highest BCUT2D eigenvalue weighted by molar-refractivity contribution is 6.28. The average molecular weight is 471 g/mol. The molecular weight excluding hydrogens is 446 g/mol. The molecule has 0 amide bonds. The van der Waals surface area contributed by atoms with Crippen LogP contribution < -0.4 is 9.64 Å². The van der Waals surface area contributed by atoms with Gasteiger partial charge in [-0.3, -0.25) is 4.90 Å². The molecule has 0 aliphatic carbocycles.